The first-order valence-corrected chi connectivity index (χ1v) is 7.49. The van der Waals surface area contributed by atoms with Crippen LogP contribution in [0.15, 0.2) is 35.8 Å². The molecular formula is C14H7ClFN3O3S. The number of amides is 1. The van der Waals surface area contributed by atoms with Gasteiger partial charge in [-0.3, -0.25) is 14.9 Å². The number of aromatic nitrogens is 1. The van der Waals surface area contributed by atoms with Crippen LogP contribution in [0.3, 0.4) is 0 Å². The number of hydrogen-bond donors (Lipinski definition) is 1. The van der Waals surface area contributed by atoms with Crippen molar-refractivity contribution in [1.82, 2.24) is 4.98 Å². The lowest BCUT2D eigenvalue weighted by molar-refractivity contribution is -0.387. The first-order chi connectivity index (χ1) is 11.0. The highest BCUT2D eigenvalue weighted by Gasteiger charge is 2.21. The van der Waals surface area contributed by atoms with Gasteiger partial charge in [0.15, 0.2) is 0 Å². The number of nitro benzene ring substituents is 1. The van der Waals surface area contributed by atoms with Crippen LogP contribution >= 0.6 is 22.9 Å². The molecule has 6 nitrogen and oxygen atoms in total. The van der Waals surface area contributed by atoms with Gasteiger partial charge < -0.3 is 5.32 Å². The van der Waals surface area contributed by atoms with Crippen LogP contribution in [0, 0.1) is 15.9 Å². The van der Waals surface area contributed by atoms with E-state index in [-0.39, 0.29) is 10.6 Å². The SMILES string of the molecule is O=C(Nc1ccc2ncsc2c1)c1cc([N+](=O)[O-])c(F)cc1Cl. The van der Waals surface area contributed by atoms with Gasteiger partial charge in [-0.25, -0.2) is 4.98 Å². The van der Waals surface area contributed by atoms with E-state index in [0.717, 1.165) is 22.3 Å². The first kappa shape index (κ1) is 15.3. The number of nitrogens with zero attached hydrogens (tertiary/aromatic N) is 2. The van der Waals surface area contributed by atoms with Crippen molar-refractivity contribution in [3.63, 3.8) is 0 Å². The predicted molar refractivity (Wildman–Crippen MR) is 85.6 cm³/mol. The molecule has 1 amide bonds. The molecule has 116 valence electrons. The van der Waals surface area contributed by atoms with Gasteiger partial charge in [0, 0.05) is 17.8 Å². The van der Waals surface area contributed by atoms with E-state index >= 15 is 0 Å². The Bertz CT molecular complexity index is 944. The van der Waals surface area contributed by atoms with Crippen LogP contribution in [-0.2, 0) is 0 Å². The summed E-state index contributed by atoms with van der Waals surface area (Å²) in [6, 6.07) is 6.66. The van der Waals surface area contributed by atoms with Crippen molar-refractivity contribution >= 4 is 50.4 Å². The van der Waals surface area contributed by atoms with Crippen LogP contribution in [0.1, 0.15) is 10.4 Å². The molecule has 0 fully saturated rings. The molecule has 0 spiro atoms. The molecule has 0 radical (unpaired) electrons. The summed E-state index contributed by atoms with van der Waals surface area (Å²) in [4.78, 5) is 26.2. The van der Waals surface area contributed by atoms with Gasteiger partial charge in [0.05, 0.1) is 31.2 Å². The zero-order valence-corrected chi connectivity index (χ0v) is 12.8. The Morgan fingerprint density at radius 2 is 2.13 bits per heavy atom. The lowest BCUT2D eigenvalue weighted by atomic mass is 10.1. The summed E-state index contributed by atoms with van der Waals surface area (Å²) < 4.78 is 14.3. The average molecular weight is 352 g/mol. The van der Waals surface area contributed by atoms with Crippen LogP contribution < -0.4 is 5.32 Å². The lowest BCUT2D eigenvalue weighted by Crippen LogP contribution is -2.13. The first-order valence-electron chi connectivity index (χ1n) is 6.24. The summed E-state index contributed by atoms with van der Waals surface area (Å²) in [5.74, 6) is -1.76. The number of thiazole rings is 1. The highest BCUT2D eigenvalue weighted by atomic mass is 35.5. The molecule has 0 saturated heterocycles. The van der Waals surface area contributed by atoms with Gasteiger partial charge in [-0.2, -0.15) is 4.39 Å². The third-order valence-electron chi connectivity index (χ3n) is 3.07. The quantitative estimate of drug-likeness (QED) is 0.564. The van der Waals surface area contributed by atoms with Gasteiger partial charge in [0.1, 0.15) is 0 Å². The van der Waals surface area contributed by atoms with Gasteiger partial charge in [-0.1, -0.05) is 11.6 Å². The predicted octanol–water partition coefficient (Wildman–Crippen LogP) is 4.25. The van der Waals surface area contributed by atoms with E-state index in [2.05, 4.69) is 10.3 Å². The number of nitrogens with one attached hydrogen (secondary N) is 1. The summed E-state index contributed by atoms with van der Waals surface area (Å²) in [6.45, 7) is 0. The zero-order valence-electron chi connectivity index (χ0n) is 11.2. The van der Waals surface area contributed by atoms with Crippen LogP contribution in [0.2, 0.25) is 5.02 Å². The van der Waals surface area contributed by atoms with E-state index < -0.39 is 22.3 Å². The molecule has 2 aromatic carbocycles. The van der Waals surface area contributed by atoms with Gasteiger partial charge in [0.25, 0.3) is 5.91 Å². The Morgan fingerprint density at radius 1 is 1.35 bits per heavy atom. The molecule has 0 bridgehead atoms. The minimum atomic E-state index is -1.09. The van der Waals surface area contributed by atoms with E-state index in [1.807, 2.05) is 0 Å². The standard InChI is InChI=1S/C14H7ClFN3O3S/c15-9-5-10(16)12(19(21)22)4-8(9)14(20)18-7-1-2-11-13(3-7)23-6-17-11/h1-6H,(H,18,20). The zero-order chi connectivity index (χ0) is 16.6. The van der Waals surface area contributed by atoms with Gasteiger partial charge in [-0.05, 0) is 18.2 Å². The Morgan fingerprint density at radius 3 is 2.87 bits per heavy atom. The third kappa shape index (κ3) is 2.99. The van der Waals surface area contributed by atoms with E-state index in [9.17, 15) is 19.3 Å². The number of nitro groups is 1. The van der Waals surface area contributed by atoms with Crippen LogP contribution in [0.5, 0.6) is 0 Å². The maximum atomic E-state index is 13.4. The minimum absolute atomic E-state index is 0.177. The Kier molecular flexibility index (Phi) is 3.93. The number of benzene rings is 2. The molecule has 3 rings (SSSR count). The largest absolute Gasteiger partial charge is 0.322 e. The van der Waals surface area contributed by atoms with Crippen LogP contribution in [0.25, 0.3) is 10.2 Å². The molecule has 1 aromatic heterocycles. The van der Waals surface area contributed by atoms with E-state index in [0.29, 0.717) is 5.69 Å². The molecule has 0 aliphatic carbocycles. The summed E-state index contributed by atoms with van der Waals surface area (Å²) >= 11 is 7.22. The third-order valence-corrected chi connectivity index (χ3v) is 4.17. The summed E-state index contributed by atoms with van der Waals surface area (Å²) in [6.07, 6.45) is 0. The topological polar surface area (TPSA) is 85.1 Å². The van der Waals surface area contributed by atoms with Crippen molar-refractivity contribution in [2.75, 3.05) is 5.32 Å². The number of hydrogen-bond acceptors (Lipinski definition) is 5. The Balaban J connectivity index is 1.93. The molecule has 1 N–H and O–H groups in total. The molecule has 3 aromatic rings. The highest BCUT2D eigenvalue weighted by Crippen LogP contribution is 2.27. The lowest BCUT2D eigenvalue weighted by Gasteiger charge is -2.07. The molecule has 23 heavy (non-hydrogen) atoms. The second-order valence-corrected chi connectivity index (χ2v) is 5.82. The molecule has 0 saturated carbocycles. The molecular weight excluding hydrogens is 345 g/mol. The molecule has 0 aliphatic rings. The molecule has 0 unspecified atom stereocenters. The van der Waals surface area contributed by atoms with Crippen LogP contribution in [-0.4, -0.2) is 15.8 Å². The van der Waals surface area contributed by atoms with E-state index in [4.69, 9.17) is 11.6 Å². The number of carbonyl (C=O) groups is 1. The highest BCUT2D eigenvalue weighted by molar-refractivity contribution is 7.16. The molecule has 9 heteroatoms. The summed E-state index contributed by atoms with van der Waals surface area (Å²) in [5, 5.41) is 13.1. The van der Waals surface area contributed by atoms with Crippen molar-refractivity contribution in [1.29, 1.82) is 0 Å². The number of fused-ring (bicyclic) bond motifs is 1. The number of anilines is 1. The molecule has 0 atom stereocenters. The Hall–Kier alpha value is -2.58. The van der Waals surface area contributed by atoms with Crippen molar-refractivity contribution in [3.8, 4) is 0 Å². The molecule has 1 heterocycles. The van der Waals surface area contributed by atoms with Crippen LogP contribution in [0.4, 0.5) is 15.8 Å². The van der Waals surface area contributed by atoms with E-state index in [1.54, 1.807) is 23.7 Å². The maximum Gasteiger partial charge on any atom is 0.305 e. The second-order valence-electron chi connectivity index (χ2n) is 4.53. The monoisotopic (exact) mass is 351 g/mol. The number of halogens is 2. The fraction of sp³-hybridized carbons (Fsp3) is 0. The fourth-order valence-corrected chi connectivity index (χ4v) is 2.94. The normalized spacial score (nSPS) is 10.7. The van der Waals surface area contributed by atoms with Gasteiger partial charge in [0.2, 0.25) is 5.82 Å². The smallest absolute Gasteiger partial charge is 0.305 e. The molecule has 0 aliphatic heterocycles. The minimum Gasteiger partial charge on any atom is -0.322 e. The Labute approximate surface area is 137 Å². The number of carbonyl (C=O) groups excluding carboxylic acids is 1. The van der Waals surface area contributed by atoms with Crippen molar-refractivity contribution in [3.05, 3.63) is 62.4 Å². The van der Waals surface area contributed by atoms with Crippen molar-refractivity contribution in [2.45, 2.75) is 0 Å². The van der Waals surface area contributed by atoms with Gasteiger partial charge in [-0.15, -0.1) is 11.3 Å². The summed E-state index contributed by atoms with van der Waals surface area (Å²) in [5.41, 5.74) is 1.97. The number of rotatable bonds is 3. The maximum absolute atomic E-state index is 13.4. The fourth-order valence-electron chi connectivity index (χ4n) is 1.98. The van der Waals surface area contributed by atoms with Gasteiger partial charge >= 0.3 is 5.69 Å². The van der Waals surface area contributed by atoms with Crippen molar-refractivity contribution < 1.29 is 14.1 Å². The summed E-state index contributed by atoms with van der Waals surface area (Å²) in [7, 11) is 0. The second kappa shape index (κ2) is 5.90. The van der Waals surface area contributed by atoms with E-state index in [1.165, 1.54) is 11.3 Å². The van der Waals surface area contributed by atoms with Crippen molar-refractivity contribution in [2.24, 2.45) is 0 Å². The average Bonchev–Trinajstić information content (AvgIpc) is 2.94.